The molecule has 1 aliphatic carbocycles. The number of aromatic nitrogens is 1. The van der Waals surface area contributed by atoms with Crippen molar-refractivity contribution in [2.45, 2.75) is 58.3 Å². The molecule has 0 amide bonds. The summed E-state index contributed by atoms with van der Waals surface area (Å²) < 4.78 is 0. The van der Waals surface area contributed by atoms with E-state index >= 15 is 0 Å². The molecule has 128 valence electrons. The number of hydrogen-bond donors (Lipinski definition) is 0. The van der Waals surface area contributed by atoms with Gasteiger partial charge in [-0.05, 0) is 77.5 Å². The molecule has 0 saturated heterocycles. The van der Waals surface area contributed by atoms with E-state index in [1.807, 2.05) is 12.3 Å². The van der Waals surface area contributed by atoms with Crippen molar-refractivity contribution in [3.63, 3.8) is 0 Å². The minimum absolute atomic E-state index is 0.255. The first-order valence-corrected chi connectivity index (χ1v) is 9.29. The van der Waals surface area contributed by atoms with Crippen LogP contribution in [0.25, 0.3) is 5.57 Å². The van der Waals surface area contributed by atoms with Crippen molar-refractivity contribution in [2.75, 3.05) is 0 Å². The van der Waals surface area contributed by atoms with Crippen LogP contribution in [-0.2, 0) is 11.8 Å². The minimum Gasteiger partial charge on any atom is -0.247 e. The lowest BCUT2D eigenvalue weighted by Gasteiger charge is -2.32. The molecule has 1 aromatic heterocycles. The minimum atomic E-state index is 0.255. The van der Waals surface area contributed by atoms with E-state index in [0.29, 0.717) is 0 Å². The second-order valence-electron chi connectivity index (χ2n) is 7.65. The number of pyridine rings is 1. The third-order valence-corrected chi connectivity index (χ3v) is 5.15. The molecule has 0 spiro atoms. The van der Waals surface area contributed by atoms with Gasteiger partial charge in [-0.1, -0.05) is 51.8 Å². The molecule has 0 saturated carbocycles. The Morgan fingerprint density at radius 2 is 2.04 bits per heavy atom. The van der Waals surface area contributed by atoms with Crippen molar-refractivity contribution in [1.29, 1.82) is 0 Å². The van der Waals surface area contributed by atoms with E-state index in [1.165, 1.54) is 30.4 Å². The molecule has 0 bridgehead atoms. The SMILES string of the molecule is C=C(CCC)c1ccc(C#Cc2ccc3c(c2)C(C)(C)CCC3)nc1. The van der Waals surface area contributed by atoms with Gasteiger partial charge in [0.05, 0.1) is 0 Å². The van der Waals surface area contributed by atoms with Crippen LogP contribution < -0.4 is 0 Å². The molecule has 1 heteroatoms. The van der Waals surface area contributed by atoms with Gasteiger partial charge in [-0.3, -0.25) is 0 Å². The van der Waals surface area contributed by atoms with Gasteiger partial charge in [0.1, 0.15) is 5.69 Å². The van der Waals surface area contributed by atoms with Crippen LogP contribution in [0.1, 0.15) is 74.4 Å². The predicted octanol–water partition coefficient (Wildman–Crippen LogP) is 5.91. The number of fused-ring (bicyclic) bond motifs is 1. The van der Waals surface area contributed by atoms with Crippen LogP contribution in [0, 0.1) is 11.8 Å². The molecule has 0 radical (unpaired) electrons. The number of nitrogens with zero attached hydrogens (tertiary/aromatic N) is 1. The fourth-order valence-electron chi connectivity index (χ4n) is 3.62. The van der Waals surface area contributed by atoms with Crippen molar-refractivity contribution in [3.8, 4) is 11.8 Å². The molecule has 3 rings (SSSR count). The zero-order valence-corrected chi connectivity index (χ0v) is 15.7. The van der Waals surface area contributed by atoms with Crippen LogP contribution in [0.3, 0.4) is 0 Å². The summed E-state index contributed by atoms with van der Waals surface area (Å²) in [5.74, 6) is 6.49. The Balaban J connectivity index is 1.81. The number of aryl methyl sites for hydroxylation is 1. The van der Waals surface area contributed by atoms with E-state index < -0.39 is 0 Å². The first-order chi connectivity index (χ1) is 12.0. The number of rotatable bonds is 3. The van der Waals surface area contributed by atoms with E-state index in [-0.39, 0.29) is 5.41 Å². The lowest BCUT2D eigenvalue weighted by molar-refractivity contribution is 0.432. The molecule has 0 aliphatic heterocycles. The van der Waals surface area contributed by atoms with Gasteiger partial charge in [0.15, 0.2) is 0 Å². The maximum atomic E-state index is 4.48. The van der Waals surface area contributed by atoms with Crippen molar-refractivity contribution < 1.29 is 0 Å². The third kappa shape index (κ3) is 4.02. The quantitative estimate of drug-likeness (QED) is 0.638. The molecular weight excluding hydrogens is 302 g/mol. The summed E-state index contributed by atoms with van der Waals surface area (Å²) in [6, 6.07) is 10.7. The summed E-state index contributed by atoms with van der Waals surface area (Å²) >= 11 is 0. The highest BCUT2D eigenvalue weighted by molar-refractivity contribution is 5.62. The Morgan fingerprint density at radius 1 is 1.20 bits per heavy atom. The normalized spacial score (nSPS) is 15.0. The van der Waals surface area contributed by atoms with Crippen molar-refractivity contribution in [2.24, 2.45) is 0 Å². The highest BCUT2D eigenvalue weighted by Gasteiger charge is 2.27. The van der Waals surface area contributed by atoms with Crippen LogP contribution in [0.15, 0.2) is 43.1 Å². The van der Waals surface area contributed by atoms with Crippen LogP contribution in [-0.4, -0.2) is 4.98 Å². The van der Waals surface area contributed by atoms with Gasteiger partial charge in [0.25, 0.3) is 0 Å². The second-order valence-corrected chi connectivity index (χ2v) is 7.65. The van der Waals surface area contributed by atoms with Crippen LogP contribution in [0.4, 0.5) is 0 Å². The number of benzene rings is 1. The molecule has 1 nitrogen and oxygen atoms in total. The van der Waals surface area contributed by atoms with Gasteiger partial charge in [0.2, 0.25) is 0 Å². The molecule has 0 N–H and O–H groups in total. The largest absolute Gasteiger partial charge is 0.247 e. The fourth-order valence-corrected chi connectivity index (χ4v) is 3.62. The second kappa shape index (κ2) is 7.28. The number of allylic oxidation sites excluding steroid dienone is 1. The molecule has 0 unspecified atom stereocenters. The molecule has 0 atom stereocenters. The molecule has 25 heavy (non-hydrogen) atoms. The van der Waals surface area contributed by atoms with Crippen molar-refractivity contribution in [1.82, 2.24) is 4.98 Å². The van der Waals surface area contributed by atoms with E-state index in [0.717, 1.165) is 35.2 Å². The molecular formula is C24H27N. The maximum Gasteiger partial charge on any atom is 0.113 e. The summed E-state index contributed by atoms with van der Waals surface area (Å²) in [5, 5.41) is 0. The van der Waals surface area contributed by atoms with Crippen LogP contribution >= 0.6 is 0 Å². The topological polar surface area (TPSA) is 12.9 Å². The number of hydrogen-bond acceptors (Lipinski definition) is 1. The molecule has 2 aromatic rings. The smallest absolute Gasteiger partial charge is 0.113 e. The first kappa shape index (κ1) is 17.5. The van der Waals surface area contributed by atoms with Gasteiger partial charge in [0, 0.05) is 11.8 Å². The highest BCUT2D eigenvalue weighted by Crippen LogP contribution is 2.36. The summed E-state index contributed by atoms with van der Waals surface area (Å²) in [4.78, 5) is 4.48. The Labute approximate surface area is 152 Å². The van der Waals surface area contributed by atoms with Gasteiger partial charge in [-0.25, -0.2) is 4.98 Å². The lowest BCUT2D eigenvalue weighted by Crippen LogP contribution is -2.23. The highest BCUT2D eigenvalue weighted by atomic mass is 14.7. The Bertz CT molecular complexity index is 829. The van der Waals surface area contributed by atoms with Gasteiger partial charge in [-0.15, -0.1) is 0 Å². The summed E-state index contributed by atoms with van der Waals surface area (Å²) in [7, 11) is 0. The van der Waals surface area contributed by atoms with E-state index in [1.54, 1.807) is 0 Å². The average molecular weight is 329 g/mol. The Hall–Kier alpha value is -2.33. The summed E-state index contributed by atoms with van der Waals surface area (Å²) in [6.45, 7) is 11.0. The van der Waals surface area contributed by atoms with Crippen LogP contribution in [0.5, 0.6) is 0 Å². The Morgan fingerprint density at radius 3 is 2.76 bits per heavy atom. The zero-order valence-electron chi connectivity index (χ0n) is 15.7. The van der Waals surface area contributed by atoms with Gasteiger partial charge in [-0.2, -0.15) is 0 Å². The summed E-state index contributed by atoms with van der Waals surface area (Å²) in [6.07, 6.45) is 7.73. The molecule has 0 fully saturated rings. The Kier molecular flexibility index (Phi) is 5.09. The maximum absolute atomic E-state index is 4.48. The monoisotopic (exact) mass is 329 g/mol. The van der Waals surface area contributed by atoms with E-state index in [9.17, 15) is 0 Å². The van der Waals surface area contributed by atoms with E-state index in [2.05, 4.69) is 68.4 Å². The standard InChI is InChI=1S/C24H27N/c1-5-7-18(2)21-12-14-22(25-17-21)13-10-19-9-11-20-8-6-15-24(3,4)23(20)16-19/h9,11-12,14,16-17H,2,5-8,15H2,1,3-4H3. The van der Waals surface area contributed by atoms with Crippen molar-refractivity contribution >= 4 is 5.57 Å². The molecule has 1 aliphatic rings. The third-order valence-electron chi connectivity index (χ3n) is 5.15. The average Bonchev–Trinajstić information content (AvgIpc) is 2.61. The molecule has 1 aromatic carbocycles. The molecule has 1 heterocycles. The van der Waals surface area contributed by atoms with E-state index in [4.69, 9.17) is 0 Å². The lowest BCUT2D eigenvalue weighted by atomic mass is 9.72. The fraction of sp³-hybridized carbons (Fsp3) is 0.375. The first-order valence-electron chi connectivity index (χ1n) is 9.29. The van der Waals surface area contributed by atoms with Crippen molar-refractivity contribution in [3.05, 3.63) is 71.1 Å². The summed E-state index contributed by atoms with van der Waals surface area (Å²) in [5.41, 5.74) is 7.35. The van der Waals surface area contributed by atoms with Gasteiger partial charge >= 0.3 is 0 Å². The zero-order chi connectivity index (χ0) is 17.9. The van der Waals surface area contributed by atoms with Crippen LogP contribution in [0.2, 0.25) is 0 Å². The predicted molar refractivity (Wildman–Crippen MR) is 107 cm³/mol. The van der Waals surface area contributed by atoms with Gasteiger partial charge < -0.3 is 0 Å².